The molecule has 1 aliphatic rings. The highest BCUT2D eigenvalue weighted by Crippen LogP contribution is 2.27. The van der Waals surface area contributed by atoms with Crippen LogP contribution in [0.15, 0.2) is 0 Å². The van der Waals surface area contributed by atoms with E-state index in [4.69, 9.17) is 9.47 Å². The van der Waals surface area contributed by atoms with Crippen LogP contribution >= 0.6 is 11.8 Å². The molecule has 4 heteroatoms. The summed E-state index contributed by atoms with van der Waals surface area (Å²) in [6, 6.07) is 0. The highest BCUT2D eigenvalue weighted by Gasteiger charge is 2.36. The van der Waals surface area contributed by atoms with Crippen molar-refractivity contribution in [2.45, 2.75) is 25.7 Å². The van der Waals surface area contributed by atoms with Crippen molar-refractivity contribution in [1.82, 2.24) is 5.32 Å². The van der Waals surface area contributed by atoms with Gasteiger partial charge < -0.3 is 14.8 Å². The summed E-state index contributed by atoms with van der Waals surface area (Å²) in [4.78, 5) is 0. The van der Waals surface area contributed by atoms with E-state index >= 15 is 0 Å². The van der Waals surface area contributed by atoms with Gasteiger partial charge in [-0.25, -0.2) is 0 Å². The molecule has 2 atom stereocenters. The van der Waals surface area contributed by atoms with Crippen LogP contribution < -0.4 is 5.32 Å². The molecule has 0 aromatic heterocycles. The Morgan fingerprint density at radius 3 is 2.71 bits per heavy atom. The molecule has 2 unspecified atom stereocenters. The van der Waals surface area contributed by atoms with E-state index in [2.05, 4.69) is 11.6 Å². The molecule has 0 radical (unpaired) electrons. The first-order chi connectivity index (χ1) is 6.59. The van der Waals surface area contributed by atoms with Crippen molar-refractivity contribution in [3.05, 3.63) is 0 Å². The Balaban J connectivity index is 2.44. The lowest BCUT2D eigenvalue weighted by Crippen LogP contribution is -2.34. The van der Waals surface area contributed by atoms with E-state index in [1.54, 1.807) is 0 Å². The molecule has 1 aliphatic heterocycles. The zero-order chi connectivity index (χ0) is 10.6. The third-order valence-electron chi connectivity index (χ3n) is 2.40. The largest absolute Gasteiger partial charge is 0.348 e. The predicted octanol–water partition coefficient (Wildman–Crippen LogP) is 1.34. The van der Waals surface area contributed by atoms with Gasteiger partial charge in [-0.2, -0.15) is 11.8 Å². The molecule has 1 rings (SSSR count). The molecular formula is C10H21NO2S. The van der Waals surface area contributed by atoms with Gasteiger partial charge in [-0.3, -0.25) is 0 Å². The van der Waals surface area contributed by atoms with Crippen LogP contribution in [0.5, 0.6) is 0 Å². The summed E-state index contributed by atoms with van der Waals surface area (Å²) in [5.74, 6) is 1.26. The number of hydrogen-bond donors (Lipinski definition) is 1. The second-order valence-electron chi connectivity index (χ2n) is 4.14. The molecule has 1 heterocycles. The number of thioether (sulfide) groups is 1. The molecule has 3 nitrogen and oxygen atoms in total. The quantitative estimate of drug-likeness (QED) is 0.756. The topological polar surface area (TPSA) is 30.5 Å². The number of ether oxygens (including phenoxy) is 2. The summed E-state index contributed by atoms with van der Waals surface area (Å²) >= 11 is 1.86. The molecule has 1 N–H and O–H groups in total. The van der Waals surface area contributed by atoms with Gasteiger partial charge in [-0.05, 0) is 32.9 Å². The van der Waals surface area contributed by atoms with Gasteiger partial charge in [0.25, 0.3) is 0 Å². The first-order valence-electron chi connectivity index (χ1n) is 5.04. The van der Waals surface area contributed by atoms with Gasteiger partial charge in [0.05, 0.1) is 12.7 Å². The molecule has 14 heavy (non-hydrogen) atoms. The SMILES string of the molecule is CNCC(CSC)C1COC(C)(C)O1. The van der Waals surface area contributed by atoms with Crippen LogP contribution in [0.25, 0.3) is 0 Å². The fourth-order valence-electron chi connectivity index (χ4n) is 1.72. The lowest BCUT2D eigenvalue weighted by molar-refractivity contribution is -0.143. The van der Waals surface area contributed by atoms with Crippen LogP contribution in [0.1, 0.15) is 13.8 Å². The van der Waals surface area contributed by atoms with Crippen LogP contribution in [0.4, 0.5) is 0 Å². The average Bonchev–Trinajstić information content (AvgIpc) is 2.46. The minimum atomic E-state index is -0.394. The van der Waals surface area contributed by atoms with Crippen LogP contribution in [0.3, 0.4) is 0 Å². The Kier molecular flexibility index (Phi) is 4.70. The molecule has 0 aliphatic carbocycles. The van der Waals surface area contributed by atoms with Gasteiger partial charge in [-0.15, -0.1) is 0 Å². The van der Waals surface area contributed by atoms with Crippen LogP contribution in [0.2, 0.25) is 0 Å². The maximum absolute atomic E-state index is 5.84. The van der Waals surface area contributed by atoms with Crippen LogP contribution in [0, 0.1) is 5.92 Å². The molecule has 0 saturated carbocycles. The summed E-state index contributed by atoms with van der Waals surface area (Å²) in [6.07, 6.45) is 2.37. The van der Waals surface area contributed by atoms with Crippen molar-refractivity contribution in [3.8, 4) is 0 Å². The highest BCUT2D eigenvalue weighted by molar-refractivity contribution is 7.98. The summed E-state index contributed by atoms with van der Waals surface area (Å²) in [5, 5.41) is 3.21. The van der Waals surface area contributed by atoms with Crippen molar-refractivity contribution in [3.63, 3.8) is 0 Å². The Morgan fingerprint density at radius 2 is 2.29 bits per heavy atom. The van der Waals surface area contributed by atoms with Crippen molar-refractivity contribution < 1.29 is 9.47 Å². The second-order valence-corrected chi connectivity index (χ2v) is 5.05. The molecule has 0 aromatic carbocycles. The second kappa shape index (κ2) is 5.35. The Bertz CT molecular complexity index is 170. The minimum absolute atomic E-state index is 0.241. The maximum Gasteiger partial charge on any atom is 0.163 e. The monoisotopic (exact) mass is 219 g/mol. The Hall–Kier alpha value is 0.230. The molecule has 0 spiro atoms. The van der Waals surface area contributed by atoms with E-state index in [9.17, 15) is 0 Å². The Morgan fingerprint density at radius 1 is 1.57 bits per heavy atom. The zero-order valence-corrected chi connectivity index (χ0v) is 10.3. The number of hydrogen-bond acceptors (Lipinski definition) is 4. The fraction of sp³-hybridized carbons (Fsp3) is 1.00. The normalized spacial score (nSPS) is 27.9. The highest BCUT2D eigenvalue weighted by atomic mass is 32.2. The maximum atomic E-state index is 5.84. The van der Waals surface area contributed by atoms with Crippen LogP contribution in [-0.2, 0) is 9.47 Å². The van der Waals surface area contributed by atoms with Crippen molar-refractivity contribution in [2.24, 2.45) is 5.92 Å². The van der Waals surface area contributed by atoms with Crippen LogP contribution in [-0.4, -0.2) is 44.1 Å². The van der Waals surface area contributed by atoms with Gasteiger partial charge in [0.15, 0.2) is 5.79 Å². The van der Waals surface area contributed by atoms with E-state index in [1.807, 2.05) is 32.7 Å². The summed E-state index contributed by atoms with van der Waals surface area (Å²) < 4.78 is 11.4. The summed E-state index contributed by atoms with van der Waals surface area (Å²) in [5.41, 5.74) is 0. The predicted molar refractivity (Wildman–Crippen MR) is 60.7 cm³/mol. The summed E-state index contributed by atoms with van der Waals surface area (Å²) in [7, 11) is 1.98. The van der Waals surface area contributed by atoms with E-state index in [1.165, 1.54) is 0 Å². The van der Waals surface area contributed by atoms with Crippen molar-refractivity contribution in [2.75, 3.05) is 32.2 Å². The smallest absolute Gasteiger partial charge is 0.163 e. The van der Waals surface area contributed by atoms with E-state index in [0.717, 1.165) is 18.9 Å². The third-order valence-corrected chi connectivity index (χ3v) is 3.16. The van der Waals surface area contributed by atoms with E-state index < -0.39 is 5.79 Å². The van der Waals surface area contributed by atoms with E-state index in [0.29, 0.717) is 5.92 Å². The van der Waals surface area contributed by atoms with E-state index in [-0.39, 0.29) is 6.10 Å². The number of nitrogens with one attached hydrogen (secondary N) is 1. The molecule has 0 bridgehead atoms. The zero-order valence-electron chi connectivity index (χ0n) is 9.50. The molecule has 1 saturated heterocycles. The minimum Gasteiger partial charge on any atom is -0.348 e. The number of rotatable bonds is 5. The van der Waals surface area contributed by atoms with Crippen molar-refractivity contribution >= 4 is 11.8 Å². The van der Waals surface area contributed by atoms with Gasteiger partial charge in [-0.1, -0.05) is 0 Å². The van der Waals surface area contributed by atoms with Gasteiger partial charge in [0, 0.05) is 12.5 Å². The lowest BCUT2D eigenvalue weighted by Gasteiger charge is -2.23. The average molecular weight is 219 g/mol. The molecule has 0 aromatic rings. The van der Waals surface area contributed by atoms with Gasteiger partial charge in [0.2, 0.25) is 0 Å². The standard InChI is InChI=1S/C10H21NO2S/c1-10(2)12-6-9(13-10)8(5-11-3)7-14-4/h8-9,11H,5-7H2,1-4H3. The van der Waals surface area contributed by atoms with Gasteiger partial charge >= 0.3 is 0 Å². The third kappa shape index (κ3) is 3.42. The fourth-order valence-corrected chi connectivity index (χ4v) is 2.48. The first kappa shape index (κ1) is 12.3. The van der Waals surface area contributed by atoms with Gasteiger partial charge in [0.1, 0.15) is 0 Å². The molecule has 0 amide bonds. The molecule has 1 fully saturated rings. The lowest BCUT2D eigenvalue weighted by atomic mass is 10.1. The van der Waals surface area contributed by atoms with Crippen molar-refractivity contribution in [1.29, 1.82) is 0 Å². The molecule has 84 valence electrons. The Labute approximate surface area is 90.9 Å². The first-order valence-corrected chi connectivity index (χ1v) is 6.44. The summed E-state index contributed by atoms with van der Waals surface area (Å²) in [6.45, 7) is 5.66. The molecular weight excluding hydrogens is 198 g/mol.